The summed E-state index contributed by atoms with van der Waals surface area (Å²) in [5, 5.41) is 3.74. The van der Waals surface area contributed by atoms with Crippen molar-refractivity contribution in [3.63, 3.8) is 0 Å². The number of hydrogen-bond donors (Lipinski definition) is 1. The molecule has 35 heavy (non-hydrogen) atoms. The molecule has 6 nitrogen and oxygen atoms in total. The highest BCUT2D eigenvalue weighted by Crippen LogP contribution is 2.21. The first-order valence-electron chi connectivity index (χ1n) is 13.9. The molecule has 1 heterocycles. The predicted molar refractivity (Wildman–Crippen MR) is 141 cm³/mol. The van der Waals surface area contributed by atoms with Crippen LogP contribution in [-0.2, 0) is 18.9 Å². The third-order valence-corrected chi connectivity index (χ3v) is 6.84. The molecule has 0 spiro atoms. The van der Waals surface area contributed by atoms with Crippen molar-refractivity contribution in [3.05, 3.63) is 35.9 Å². The molecule has 0 unspecified atom stereocenters. The summed E-state index contributed by atoms with van der Waals surface area (Å²) in [4.78, 5) is 11.9. The Labute approximate surface area is 213 Å². The molecule has 0 saturated carbocycles. The fourth-order valence-electron chi connectivity index (χ4n) is 4.70. The van der Waals surface area contributed by atoms with E-state index in [9.17, 15) is 4.79 Å². The first-order valence-corrected chi connectivity index (χ1v) is 13.9. The summed E-state index contributed by atoms with van der Waals surface area (Å²) in [6, 6.07) is 10.2. The standard InChI is InChI=1S/C29H49NO5/c1-25-28(35-24-33-23-22-32-2)20-19-27(30-25)18-14-9-7-5-3-4-6-8-10-15-21-34-29(31)26-16-12-11-13-17-26/h11-13,16-17,25,27-28,30H,3-10,14-15,18-24H2,1-2H3/t25-,27-,28-/m1/s1. The van der Waals surface area contributed by atoms with E-state index in [1.54, 1.807) is 19.2 Å². The van der Waals surface area contributed by atoms with Crippen molar-refractivity contribution in [1.82, 2.24) is 5.32 Å². The number of piperidine rings is 1. The number of benzene rings is 1. The highest BCUT2D eigenvalue weighted by atomic mass is 16.7. The summed E-state index contributed by atoms with van der Waals surface area (Å²) in [6.45, 7) is 4.30. The summed E-state index contributed by atoms with van der Waals surface area (Å²) < 4.78 is 21.6. The number of methoxy groups -OCH3 is 1. The number of ether oxygens (including phenoxy) is 4. The van der Waals surface area contributed by atoms with Crippen molar-refractivity contribution in [2.45, 2.75) is 109 Å². The van der Waals surface area contributed by atoms with Crippen molar-refractivity contribution >= 4 is 5.97 Å². The molecule has 1 aliphatic rings. The number of esters is 1. The molecular weight excluding hydrogens is 442 g/mol. The van der Waals surface area contributed by atoms with E-state index < -0.39 is 0 Å². The lowest BCUT2D eigenvalue weighted by atomic mass is 9.93. The highest BCUT2D eigenvalue weighted by molar-refractivity contribution is 5.89. The molecule has 1 fully saturated rings. The van der Waals surface area contributed by atoms with Gasteiger partial charge in [0, 0.05) is 19.2 Å². The van der Waals surface area contributed by atoms with Gasteiger partial charge < -0.3 is 24.3 Å². The van der Waals surface area contributed by atoms with Gasteiger partial charge in [-0.1, -0.05) is 76.0 Å². The molecule has 0 bridgehead atoms. The Balaban J connectivity index is 1.32. The van der Waals surface area contributed by atoms with Gasteiger partial charge in [0.1, 0.15) is 6.79 Å². The van der Waals surface area contributed by atoms with E-state index in [0.717, 1.165) is 19.3 Å². The Bertz CT molecular complexity index is 641. The topological polar surface area (TPSA) is 66.0 Å². The number of carbonyl (C=O) groups excluding carboxylic acids is 1. The van der Waals surface area contributed by atoms with Crippen LogP contribution in [0.2, 0.25) is 0 Å². The first-order chi connectivity index (χ1) is 17.2. The van der Waals surface area contributed by atoms with Crippen molar-refractivity contribution in [2.24, 2.45) is 0 Å². The summed E-state index contributed by atoms with van der Waals surface area (Å²) in [6.07, 6.45) is 16.5. The molecule has 0 amide bonds. The van der Waals surface area contributed by atoms with Crippen LogP contribution in [0.4, 0.5) is 0 Å². The molecular formula is C29H49NO5. The molecule has 1 N–H and O–H groups in total. The van der Waals surface area contributed by atoms with E-state index in [1.807, 2.05) is 18.2 Å². The maximum Gasteiger partial charge on any atom is 0.338 e. The van der Waals surface area contributed by atoms with Crippen LogP contribution in [0, 0.1) is 0 Å². The Morgan fingerprint density at radius 1 is 0.857 bits per heavy atom. The number of carbonyl (C=O) groups is 1. The Morgan fingerprint density at radius 3 is 2.17 bits per heavy atom. The van der Waals surface area contributed by atoms with Gasteiger partial charge in [-0.25, -0.2) is 4.79 Å². The van der Waals surface area contributed by atoms with E-state index in [4.69, 9.17) is 18.9 Å². The number of rotatable bonds is 20. The van der Waals surface area contributed by atoms with E-state index in [1.165, 1.54) is 64.2 Å². The molecule has 6 heteroatoms. The van der Waals surface area contributed by atoms with Gasteiger partial charge in [-0.2, -0.15) is 0 Å². The van der Waals surface area contributed by atoms with Gasteiger partial charge in [0.25, 0.3) is 0 Å². The normalized spacial score (nSPS) is 20.1. The summed E-state index contributed by atoms with van der Waals surface area (Å²) >= 11 is 0. The molecule has 200 valence electrons. The fourth-order valence-corrected chi connectivity index (χ4v) is 4.70. The molecule has 0 aliphatic carbocycles. The molecule has 0 radical (unpaired) electrons. The molecule has 1 saturated heterocycles. The second-order valence-electron chi connectivity index (χ2n) is 9.78. The van der Waals surface area contributed by atoms with Gasteiger partial charge in [0.15, 0.2) is 0 Å². The average Bonchev–Trinajstić information content (AvgIpc) is 2.88. The molecule has 1 aromatic rings. The minimum absolute atomic E-state index is 0.211. The van der Waals surface area contributed by atoms with E-state index in [0.29, 0.717) is 44.3 Å². The zero-order valence-electron chi connectivity index (χ0n) is 22.2. The van der Waals surface area contributed by atoms with Gasteiger partial charge in [0.05, 0.1) is 31.5 Å². The number of unbranched alkanes of at least 4 members (excludes halogenated alkanes) is 9. The van der Waals surface area contributed by atoms with Crippen LogP contribution in [0.15, 0.2) is 30.3 Å². The third-order valence-electron chi connectivity index (χ3n) is 6.84. The van der Waals surface area contributed by atoms with Crippen LogP contribution < -0.4 is 5.32 Å². The monoisotopic (exact) mass is 491 g/mol. The van der Waals surface area contributed by atoms with Crippen LogP contribution in [0.1, 0.15) is 101 Å². The van der Waals surface area contributed by atoms with Gasteiger partial charge in [-0.05, 0) is 44.7 Å². The van der Waals surface area contributed by atoms with Crippen LogP contribution in [0.3, 0.4) is 0 Å². The lowest BCUT2D eigenvalue weighted by molar-refractivity contribution is -0.114. The Hall–Kier alpha value is -1.47. The molecule has 0 aromatic heterocycles. The molecule has 1 aromatic carbocycles. The summed E-state index contributed by atoms with van der Waals surface area (Å²) in [5.41, 5.74) is 0.635. The number of hydrogen-bond acceptors (Lipinski definition) is 6. The Morgan fingerprint density at radius 2 is 1.51 bits per heavy atom. The van der Waals surface area contributed by atoms with Crippen LogP contribution in [0.25, 0.3) is 0 Å². The summed E-state index contributed by atoms with van der Waals surface area (Å²) in [7, 11) is 1.68. The largest absolute Gasteiger partial charge is 0.462 e. The van der Waals surface area contributed by atoms with E-state index in [2.05, 4.69) is 12.2 Å². The SMILES string of the molecule is COCCOCO[C@@H]1CC[C@@H](CCCCCCCCCCCCOC(=O)c2ccccc2)N[C@@H]1C. The number of nitrogens with one attached hydrogen (secondary N) is 1. The first kappa shape index (κ1) is 29.8. The van der Waals surface area contributed by atoms with Crippen molar-refractivity contribution in [1.29, 1.82) is 0 Å². The fraction of sp³-hybridized carbons (Fsp3) is 0.759. The third kappa shape index (κ3) is 14.0. The smallest absolute Gasteiger partial charge is 0.338 e. The molecule has 2 rings (SSSR count). The maximum atomic E-state index is 11.9. The minimum atomic E-state index is -0.211. The minimum Gasteiger partial charge on any atom is -0.462 e. The van der Waals surface area contributed by atoms with Crippen LogP contribution >= 0.6 is 0 Å². The van der Waals surface area contributed by atoms with Crippen molar-refractivity contribution in [2.75, 3.05) is 33.7 Å². The zero-order valence-corrected chi connectivity index (χ0v) is 22.2. The highest BCUT2D eigenvalue weighted by Gasteiger charge is 2.27. The second kappa shape index (κ2) is 19.7. The lowest BCUT2D eigenvalue weighted by Crippen LogP contribution is -2.49. The van der Waals surface area contributed by atoms with Crippen molar-refractivity contribution < 1.29 is 23.7 Å². The van der Waals surface area contributed by atoms with Crippen molar-refractivity contribution in [3.8, 4) is 0 Å². The van der Waals surface area contributed by atoms with Gasteiger partial charge in [-0.3, -0.25) is 0 Å². The van der Waals surface area contributed by atoms with Crippen LogP contribution in [-0.4, -0.2) is 57.9 Å². The van der Waals surface area contributed by atoms with E-state index in [-0.39, 0.29) is 12.1 Å². The summed E-state index contributed by atoms with van der Waals surface area (Å²) in [5.74, 6) is -0.211. The lowest BCUT2D eigenvalue weighted by Gasteiger charge is -2.35. The maximum absolute atomic E-state index is 11.9. The quantitative estimate of drug-likeness (QED) is 0.132. The Kier molecular flexibility index (Phi) is 16.7. The molecule has 1 aliphatic heterocycles. The average molecular weight is 492 g/mol. The van der Waals surface area contributed by atoms with Gasteiger partial charge >= 0.3 is 5.97 Å². The zero-order chi connectivity index (χ0) is 25.0. The van der Waals surface area contributed by atoms with Gasteiger partial charge in [0.2, 0.25) is 0 Å². The molecule has 3 atom stereocenters. The van der Waals surface area contributed by atoms with Gasteiger partial charge in [-0.15, -0.1) is 0 Å². The van der Waals surface area contributed by atoms with Crippen LogP contribution in [0.5, 0.6) is 0 Å². The predicted octanol–water partition coefficient (Wildman–Crippen LogP) is 6.28. The van der Waals surface area contributed by atoms with E-state index >= 15 is 0 Å². The second-order valence-corrected chi connectivity index (χ2v) is 9.78.